The van der Waals surface area contributed by atoms with E-state index in [-0.39, 0.29) is 6.42 Å². The number of nitrogens with two attached hydrogens (primary N) is 1. The van der Waals surface area contributed by atoms with E-state index in [0.717, 1.165) is 16.1 Å². The molecular formula is C10H13NO2S. The van der Waals surface area contributed by atoms with E-state index >= 15 is 0 Å². The Balaban J connectivity index is 2.71. The maximum Gasteiger partial charge on any atom is 0.303 e. The van der Waals surface area contributed by atoms with Gasteiger partial charge in [-0.3, -0.25) is 4.79 Å². The third-order valence-corrected chi connectivity index (χ3v) is 2.73. The fourth-order valence-corrected chi connectivity index (χ4v) is 1.69. The lowest BCUT2D eigenvalue weighted by Gasteiger charge is -2.04. The number of hydrogen-bond acceptors (Lipinski definition) is 3. The van der Waals surface area contributed by atoms with Crippen molar-refractivity contribution in [1.29, 1.82) is 0 Å². The maximum atomic E-state index is 10.3. The van der Waals surface area contributed by atoms with Crippen LogP contribution in [0.5, 0.6) is 0 Å². The molecule has 0 fully saturated rings. The lowest BCUT2D eigenvalue weighted by molar-refractivity contribution is -0.136. The Morgan fingerprint density at radius 1 is 1.57 bits per heavy atom. The Kier molecular flexibility index (Phi) is 3.83. The number of aryl methyl sites for hydroxylation is 1. The summed E-state index contributed by atoms with van der Waals surface area (Å²) in [6, 6.07) is 5.69. The second-order valence-electron chi connectivity index (χ2n) is 2.97. The molecule has 0 aliphatic rings. The number of aliphatic carboxylic acids is 1. The Morgan fingerprint density at radius 2 is 2.29 bits per heavy atom. The van der Waals surface area contributed by atoms with Crippen LogP contribution < -0.4 is 5.73 Å². The van der Waals surface area contributed by atoms with E-state index < -0.39 is 5.97 Å². The zero-order valence-electron chi connectivity index (χ0n) is 7.99. The lowest BCUT2D eigenvalue weighted by Crippen LogP contribution is -1.98. The molecule has 0 amide bonds. The van der Waals surface area contributed by atoms with Crippen molar-refractivity contribution >= 4 is 23.4 Å². The van der Waals surface area contributed by atoms with Crippen molar-refractivity contribution in [1.82, 2.24) is 0 Å². The van der Waals surface area contributed by atoms with Crippen molar-refractivity contribution in [3.8, 4) is 0 Å². The Morgan fingerprint density at radius 3 is 2.79 bits per heavy atom. The summed E-state index contributed by atoms with van der Waals surface area (Å²) in [7, 11) is 0. The van der Waals surface area contributed by atoms with Gasteiger partial charge in [-0.25, -0.2) is 0 Å². The monoisotopic (exact) mass is 211 g/mol. The van der Waals surface area contributed by atoms with Crippen molar-refractivity contribution in [3.05, 3.63) is 23.8 Å². The van der Waals surface area contributed by atoms with Crippen molar-refractivity contribution in [2.75, 3.05) is 12.0 Å². The molecule has 0 heterocycles. The van der Waals surface area contributed by atoms with Gasteiger partial charge < -0.3 is 10.8 Å². The average Bonchev–Trinajstić information content (AvgIpc) is 2.15. The summed E-state index contributed by atoms with van der Waals surface area (Å²) in [4.78, 5) is 11.4. The molecule has 3 N–H and O–H groups in total. The van der Waals surface area contributed by atoms with Gasteiger partial charge in [0.25, 0.3) is 0 Å². The summed E-state index contributed by atoms with van der Waals surface area (Å²) in [5.74, 6) is -0.780. The van der Waals surface area contributed by atoms with E-state index in [4.69, 9.17) is 10.8 Å². The van der Waals surface area contributed by atoms with Crippen molar-refractivity contribution < 1.29 is 9.90 Å². The molecule has 0 spiro atoms. The molecular weight excluding hydrogens is 198 g/mol. The van der Waals surface area contributed by atoms with Gasteiger partial charge in [-0.2, -0.15) is 0 Å². The van der Waals surface area contributed by atoms with Gasteiger partial charge in [0.15, 0.2) is 0 Å². The fourth-order valence-electron chi connectivity index (χ4n) is 1.19. The first-order chi connectivity index (χ1) is 6.63. The second-order valence-corrected chi connectivity index (χ2v) is 3.82. The zero-order chi connectivity index (χ0) is 10.6. The predicted molar refractivity (Wildman–Crippen MR) is 58.6 cm³/mol. The third-order valence-electron chi connectivity index (χ3n) is 1.92. The van der Waals surface area contributed by atoms with Crippen LogP contribution in [0.3, 0.4) is 0 Å². The molecule has 0 radical (unpaired) electrons. The van der Waals surface area contributed by atoms with Crippen molar-refractivity contribution in [3.63, 3.8) is 0 Å². The number of nitrogen functional groups attached to an aromatic ring is 1. The first kappa shape index (κ1) is 10.9. The third kappa shape index (κ3) is 2.96. The Bertz CT molecular complexity index is 339. The van der Waals surface area contributed by atoms with E-state index in [0.29, 0.717) is 6.42 Å². The number of carbonyl (C=O) groups is 1. The molecule has 4 heteroatoms. The maximum absolute atomic E-state index is 10.3. The Hall–Kier alpha value is -1.16. The molecule has 0 saturated heterocycles. The Labute approximate surface area is 87.3 Å². The second kappa shape index (κ2) is 4.91. The number of rotatable bonds is 4. The lowest BCUT2D eigenvalue weighted by atomic mass is 10.1. The number of carboxylic acid groups (broad SMARTS) is 1. The molecule has 0 aliphatic heterocycles. The fraction of sp³-hybridized carbons (Fsp3) is 0.300. The minimum atomic E-state index is -0.780. The molecule has 0 unspecified atom stereocenters. The minimum absolute atomic E-state index is 0.151. The molecule has 0 atom stereocenters. The highest BCUT2D eigenvalue weighted by atomic mass is 32.2. The summed E-state index contributed by atoms with van der Waals surface area (Å²) in [5, 5.41) is 8.51. The van der Waals surface area contributed by atoms with E-state index in [2.05, 4.69) is 0 Å². The number of benzene rings is 1. The van der Waals surface area contributed by atoms with E-state index in [9.17, 15) is 4.79 Å². The van der Waals surface area contributed by atoms with Gasteiger partial charge in [0, 0.05) is 17.0 Å². The number of carboxylic acids is 1. The first-order valence-electron chi connectivity index (χ1n) is 4.27. The van der Waals surface area contributed by atoms with Crippen LogP contribution in [-0.4, -0.2) is 17.3 Å². The van der Waals surface area contributed by atoms with Crippen LogP contribution in [0.25, 0.3) is 0 Å². The van der Waals surface area contributed by atoms with Gasteiger partial charge in [-0.05, 0) is 30.4 Å². The van der Waals surface area contributed by atoms with Crippen molar-refractivity contribution in [2.45, 2.75) is 17.7 Å². The normalized spacial score (nSPS) is 10.1. The van der Waals surface area contributed by atoms with Gasteiger partial charge in [0.1, 0.15) is 0 Å². The molecule has 0 bridgehead atoms. The quantitative estimate of drug-likeness (QED) is 0.590. The molecule has 1 rings (SSSR count). The van der Waals surface area contributed by atoms with Crippen LogP contribution in [0.1, 0.15) is 12.0 Å². The highest BCUT2D eigenvalue weighted by Crippen LogP contribution is 2.23. The minimum Gasteiger partial charge on any atom is -0.481 e. The van der Waals surface area contributed by atoms with Crippen LogP contribution in [0.2, 0.25) is 0 Å². The number of anilines is 1. The largest absolute Gasteiger partial charge is 0.481 e. The van der Waals surface area contributed by atoms with Gasteiger partial charge in [0.2, 0.25) is 0 Å². The topological polar surface area (TPSA) is 63.3 Å². The van der Waals surface area contributed by atoms with Crippen LogP contribution in [0.15, 0.2) is 23.1 Å². The average molecular weight is 211 g/mol. The zero-order valence-corrected chi connectivity index (χ0v) is 8.80. The molecule has 76 valence electrons. The van der Waals surface area contributed by atoms with Gasteiger partial charge >= 0.3 is 5.97 Å². The molecule has 0 aliphatic carbocycles. The number of hydrogen-bond donors (Lipinski definition) is 2. The van der Waals surface area contributed by atoms with E-state index in [1.54, 1.807) is 11.8 Å². The molecule has 0 saturated carbocycles. The summed E-state index contributed by atoms with van der Waals surface area (Å²) in [6.07, 6.45) is 2.65. The molecule has 1 aromatic rings. The summed E-state index contributed by atoms with van der Waals surface area (Å²) in [6.45, 7) is 0. The van der Waals surface area contributed by atoms with E-state index in [1.165, 1.54) is 0 Å². The SMILES string of the molecule is CSc1ccc(CCC(=O)O)cc1N. The van der Waals surface area contributed by atoms with Crippen LogP contribution >= 0.6 is 11.8 Å². The van der Waals surface area contributed by atoms with Gasteiger partial charge in [-0.1, -0.05) is 6.07 Å². The standard InChI is InChI=1S/C10H13NO2S/c1-14-9-4-2-7(6-8(9)11)3-5-10(12)13/h2,4,6H,3,5,11H2,1H3,(H,12,13). The van der Waals surface area contributed by atoms with Crippen LogP contribution in [0, 0.1) is 0 Å². The van der Waals surface area contributed by atoms with Crippen LogP contribution in [-0.2, 0) is 11.2 Å². The summed E-state index contributed by atoms with van der Waals surface area (Å²) in [5.41, 5.74) is 7.47. The van der Waals surface area contributed by atoms with Gasteiger partial charge in [0.05, 0.1) is 0 Å². The molecule has 14 heavy (non-hydrogen) atoms. The van der Waals surface area contributed by atoms with Crippen molar-refractivity contribution in [2.24, 2.45) is 0 Å². The predicted octanol–water partition coefficient (Wildman–Crippen LogP) is 2.01. The molecule has 1 aromatic carbocycles. The summed E-state index contributed by atoms with van der Waals surface area (Å²) < 4.78 is 0. The summed E-state index contributed by atoms with van der Waals surface area (Å²) >= 11 is 1.59. The van der Waals surface area contributed by atoms with Crippen LogP contribution in [0.4, 0.5) is 5.69 Å². The first-order valence-corrected chi connectivity index (χ1v) is 5.50. The van der Waals surface area contributed by atoms with Gasteiger partial charge in [-0.15, -0.1) is 11.8 Å². The highest BCUT2D eigenvalue weighted by molar-refractivity contribution is 7.98. The molecule has 0 aromatic heterocycles. The highest BCUT2D eigenvalue weighted by Gasteiger charge is 2.02. The van der Waals surface area contributed by atoms with E-state index in [1.807, 2.05) is 24.5 Å². The smallest absolute Gasteiger partial charge is 0.303 e. The number of thioether (sulfide) groups is 1. The molecule has 3 nitrogen and oxygen atoms in total.